The van der Waals surface area contributed by atoms with E-state index in [1.807, 2.05) is 31.3 Å². The minimum Gasteiger partial charge on any atom is -0.378 e. The van der Waals surface area contributed by atoms with Gasteiger partial charge in [-0.15, -0.1) is 11.8 Å². The second-order valence-corrected chi connectivity index (χ2v) is 6.58. The van der Waals surface area contributed by atoms with Crippen LogP contribution in [-0.4, -0.2) is 68.1 Å². The Balaban J connectivity index is 1.74. The number of hydrogen-bond donors (Lipinski definition) is 1. The smallest absolute Gasteiger partial charge is 0.234 e. The number of thioether (sulfide) groups is 1. The predicted octanol–water partition coefficient (Wildman–Crippen LogP) is 1.67. The lowest BCUT2D eigenvalue weighted by Gasteiger charge is -2.26. The van der Waals surface area contributed by atoms with Crippen LogP contribution in [0.25, 0.3) is 0 Å². The molecule has 0 bridgehead atoms. The fourth-order valence-electron chi connectivity index (χ4n) is 2.34. The number of amides is 2. The molecule has 1 aliphatic heterocycles. The molecule has 1 N–H and O–H groups in total. The predicted molar refractivity (Wildman–Crippen MR) is 98.7 cm³/mol. The Labute approximate surface area is 147 Å². The second-order valence-electron chi connectivity index (χ2n) is 5.60. The van der Waals surface area contributed by atoms with Crippen molar-refractivity contribution < 1.29 is 14.3 Å². The van der Waals surface area contributed by atoms with Gasteiger partial charge in [0.25, 0.3) is 0 Å². The van der Waals surface area contributed by atoms with Crippen molar-refractivity contribution in [3.05, 3.63) is 24.3 Å². The quantitative estimate of drug-likeness (QED) is 0.810. The standard InChI is InChI=1S/C17H25N3O3S/c1-3-19(2)15-6-4-5-14(11-15)18-16(21)12-24-13-17(22)20-7-9-23-10-8-20/h4-6,11H,3,7-10,12-13H2,1-2H3,(H,18,21). The minimum atomic E-state index is -0.0916. The summed E-state index contributed by atoms with van der Waals surface area (Å²) in [6.07, 6.45) is 0. The van der Waals surface area contributed by atoms with Crippen molar-refractivity contribution in [1.29, 1.82) is 0 Å². The lowest BCUT2D eigenvalue weighted by Crippen LogP contribution is -2.41. The molecule has 1 fully saturated rings. The summed E-state index contributed by atoms with van der Waals surface area (Å²) >= 11 is 1.34. The van der Waals surface area contributed by atoms with Gasteiger partial charge in [-0.3, -0.25) is 9.59 Å². The van der Waals surface area contributed by atoms with Gasteiger partial charge in [0.1, 0.15) is 0 Å². The first-order valence-electron chi connectivity index (χ1n) is 8.14. The average Bonchev–Trinajstić information content (AvgIpc) is 2.61. The van der Waals surface area contributed by atoms with Gasteiger partial charge in [0.2, 0.25) is 11.8 Å². The van der Waals surface area contributed by atoms with E-state index in [-0.39, 0.29) is 17.6 Å². The van der Waals surface area contributed by atoms with Crippen LogP contribution in [0, 0.1) is 0 Å². The van der Waals surface area contributed by atoms with E-state index in [0.717, 1.165) is 17.9 Å². The van der Waals surface area contributed by atoms with E-state index in [1.54, 1.807) is 4.90 Å². The molecule has 0 atom stereocenters. The average molecular weight is 351 g/mol. The van der Waals surface area contributed by atoms with Gasteiger partial charge in [0.15, 0.2) is 0 Å². The number of hydrogen-bond acceptors (Lipinski definition) is 5. The Morgan fingerprint density at radius 3 is 2.75 bits per heavy atom. The maximum absolute atomic E-state index is 12.0. The third-order valence-electron chi connectivity index (χ3n) is 3.87. The Kier molecular flexibility index (Phi) is 7.39. The second kappa shape index (κ2) is 9.54. The molecule has 24 heavy (non-hydrogen) atoms. The summed E-state index contributed by atoms with van der Waals surface area (Å²) in [5, 5.41) is 2.88. The van der Waals surface area contributed by atoms with E-state index >= 15 is 0 Å². The molecule has 1 aliphatic rings. The molecule has 0 aliphatic carbocycles. The van der Waals surface area contributed by atoms with Crippen LogP contribution in [0.3, 0.4) is 0 Å². The van der Waals surface area contributed by atoms with Crippen molar-refractivity contribution in [2.45, 2.75) is 6.92 Å². The van der Waals surface area contributed by atoms with Gasteiger partial charge in [-0.25, -0.2) is 0 Å². The molecular formula is C17H25N3O3S. The number of ether oxygens (including phenoxy) is 1. The fourth-order valence-corrected chi connectivity index (χ4v) is 3.05. The summed E-state index contributed by atoms with van der Waals surface area (Å²) in [6, 6.07) is 7.75. The number of anilines is 2. The highest BCUT2D eigenvalue weighted by molar-refractivity contribution is 8.00. The number of nitrogens with one attached hydrogen (secondary N) is 1. The summed E-state index contributed by atoms with van der Waals surface area (Å²) in [5.74, 6) is 0.574. The normalized spacial score (nSPS) is 14.3. The van der Waals surface area contributed by atoms with Crippen molar-refractivity contribution in [2.75, 3.05) is 61.6 Å². The van der Waals surface area contributed by atoms with E-state index in [1.165, 1.54) is 11.8 Å². The van der Waals surface area contributed by atoms with Gasteiger partial charge in [0.05, 0.1) is 24.7 Å². The van der Waals surface area contributed by atoms with Crippen LogP contribution in [0.15, 0.2) is 24.3 Å². The molecule has 132 valence electrons. The highest BCUT2D eigenvalue weighted by Crippen LogP contribution is 2.18. The summed E-state index contributed by atoms with van der Waals surface area (Å²) in [5.41, 5.74) is 1.84. The van der Waals surface area contributed by atoms with Crippen molar-refractivity contribution in [2.24, 2.45) is 0 Å². The van der Waals surface area contributed by atoms with Gasteiger partial charge in [-0.05, 0) is 25.1 Å². The molecule has 0 aromatic heterocycles. The molecule has 0 radical (unpaired) electrons. The minimum absolute atomic E-state index is 0.0719. The number of benzene rings is 1. The zero-order valence-electron chi connectivity index (χ0n) is 14.3. The van der Waals surface area contributed by atoms with Crippen LogP contribution in [0.1, 0.15) is 6.92 Å². The molecule has 2 amide bonds. The molecule has 0 spiro atoms. The van der Waals surface area contributed by atoms with Crippen molar-refractivity contribution in [1.82, 2.24) is 4.90 Å². The van der Waals surface area contributed by atoms with E-state index in [4.69, 9.17) is 4.74 Å². The van der Waals surface area contributed by atoms with E-state index in [0.29, 0.717) is 32.1 Å². The summed E-state index contributed by atoms with van der Waals surface area (Å²) in [7, 11) is 2.01. The molecular weight excluding hydrogens is 326 g/mol. The van der Waals surface area contributed by atoms with Crippen LogP contribution in [-0.2, 0) is 14.3 Å². The summed E-state index contributed by atoms with van der Waals surface area (Å²) in [6.45, 7) is 5.45. The van der Waals surface area contributed by atoms with Gasteiger partial charge in [-0.1, -0.05) is 6.07 Å². The van der Waals surface area contributed by atoms with E-state index in [2.05, 4.69) is 17.1 Å². The third-order valence-corrected chi connectivity index (χ3v) is 4.78. The largest absolute Gasteiger partial charge is 0.378 e. The fraction of sp³-hybridized carbons (Fsp3) is 0.529. The summed E-state index contributed by atoms with van der Waals surface area (Å²) < 4.78 is 5.23. The first-order chi connectivity index (χ1) is 11.6. The Bertz CT molecular complexity index is 562. The number of carbonyl (C=O) groups is 2. The number of rotatable bonds is 7. The molecule has 6 nitrogen and oxygen atoms in total. The maximum atomic E-state index is 12.0. The third kappa shape index (κ3) is 5.72. The van der Waals surface area contributed by atoms with Gasteiger partial charge in [-0.2, -0.15) is 0 Å². The molecule has 1 saturated heterocycles. The summed E-state index contributed by atoms with van der Waals surface area (Å²) in [4.78, 5) is 27.9. The Morgan fingerprint density at radius 1 is 1.29 bits per heavy atom. The zero-order chi connectivity index (χ0) is 17.4. The Hall–Kier alpha value is -1.73. The molecule has 1 heterocycles. The molecule has 1 aromatic carbocycles. The number of nitrogens with zero attached hydrogens (tertiary/aromatic N) is 2. The zero-order valence-corrected chi connectivity index (χ0v) is 15.1. The lowest BCUT2D eigenvalue weighted by atomic mass is 10.2. The molecule has 0 unspecified atom stereocenters. The highest BCUT2D eigenvalue weighted by atomic mass is 32.2. The molecule has 2 rings (SSSR count). The van der Waals surface area contributed by atoms with Gasteiger partial charge in [0, 0.05) is 38.1 Å². The van der Waals surface area contributed by atoms with Crippen LogP contribution in [0.2, 0.25) is 0 Å². The topological polar surface area (TPSA) is 61.9 Å². The Morgan fingerprint density at radius 2 is 2.04 bits per heavy atom. The van der Waals surface area contributed by atoms with Crippen LogP contribution in [0.5, 0.6) is 0 Å². The van der Waals surface area contributed by atoms with Gasteiger partial charge >= 0.3 is 0 Å². The van der Waals surface area contributed by atoms with E-state index < -0.39 is 0 Å². The first kappa shape index (κ1) is 18.6. The van der Waals surface area contributed by atoms with Crippen LogP contribution in [0.4, 0.5) is 11.4 Å². The molecule has 0 saturated carbocycles. The number of morpholine rings is 1. The molecule has 1 aromatic rings. The maximum Gasteiger partial charge on any atom is 0.234 e. The lowest BCUT2D eigenvalue weighted by molar-refractivity contribution is -0.132. The van der Waals surface area contributed by atoms with Crippen LogP contribution < -0.4 is 10.2 Å². The first-order valence-corrected chi connectivity index (χ1v) is 9.30. The van der Waals surface area contributed by atoms with E-state index in [9.17, 15) is 9.59 Å². The number of carbonyl (C=O) groups excluding carboxylic acids is 2. The monoisotopic (exact) mass is 351 g/mol. The van der Waals surface area contributed by atoms with Crippen molar-refractivity contribution in [3.63, 3.8) is 0 Å². The van der Waals surface area contributed by atoms with Crippen molar-refractivity contribution >= 4 is 35.0 Å². The van der Waals surface area contributed by atoms with Gasteiger partial charge < -0.3 is 19.9 Å². The van der Waals surface area contributed by atoms with Crippen molar-refractivity contribution in [3.8, 4) is 0 Å². The SMILES string of the molecule is CCN(C)c1cccc(NC(=O)CSCC(=O)N2CCOCC2)c1. The highest BCUT2D eigenvalue weighted by Gasteiger charge is 2.17. The molecule has 7 heteroatoms. The van der Waals surface area contributed by atoms with Crippen LogP contribution >= 0.6 is 11.8 Å².